The standard InChI is InChI=1S/C7H17N/c1-6(2)7(3)8(4)5/h6-7H,1-5H3/i8+1. The van der Waals surface area contributed by atoms with Gasteiger partial charge in [0.05, 0.1) is 0 Å². The Kier molecular flexibility index (Phi) is 3.06. The van der Waals surface area contributed by atoms with Crippen LogP contribution in [0.25, 0.3) is 0 Å². The van der Waals surface area contributed by atoms with Crippen LogP contribution in [0.1, 0.15) is 20.8 Å². The Morgan fingerprint density at radius 2 is 1.38 bits per heavy atom. The maximum Gasteiger partial charge on any atom is 0.00838 e. The normalized spacial score (nSPS) is 15.4. The molecular weight excluding hydrogens is 99.1 g/mol. The van der Waals surface area contributed by atoms with E-state index >= 15 is 0 Å². The predicted molar refractivity (Wildman–Crippen MR) is 38.0 cm³/mol. The first-order valence-corrected chi connectivity index (χ1v) is 3.22. The third kappa shape index (κ3) is 2.31. The molecule has 0 aliphatic rings. The van der Waals surface area contributed by atoms with Gasteiger partial charge in [0.1, 0.15) is 0 Å². The van der Waals surface area contributed by atoms with Gasteiger partial charge in [0.2, 0.25) is 0 Å². The Balaban J connectivity index is 3.46. The molecule has 0 bridgehead atoms. The zero-order chi connectivity index (χ0) is 6.73. The molecule has 0 aliphatic carbocycles. The third-order valence-electron chi connectivity index (χ3n) is 1.78. The summed E-state index contributed by atoms with van der Waals surface area (Å²) in [5.74, 6) is 0.769. The molecule has 0 aliphatic heterocycles. The highest BCUT2D eigenvalue weighted by Crippen LogP contribution is 2.04. The summed E-state index contributed by atoms with van der Waals surface area (Å²) in [6, 6.07) is 0.704. The van der Waals surface area contributed by atoms with Crippen molar-refractivity contribution in [1.29, 1.82) is 0 Å². The van der Waals surface area contributed by atoms with Gasteiger partial charge in [0, 0.05) is 6.04 Å². The lowest BCUT2D eigenvalue weighted by atomic mass is 10.1. The van der Waals surface area contributed by atoms with E-state index in [2.05, 4.69) is 39.8 Å². The molecule has 0 aromatic heterocycles. The van der Waals surface area contributed by atoms with Crippen LogP contribution in [0, 0.1) is 5.92 Å². The summed E-state index contributed by atoms with van der Waals surface area (Å²) in [7, 11) is 4.23. The second-order valence-electron chi connectivity index (χ2n) is 2.95. The molecule has 0 saturated heterocycles. The first kappa shape index (κ1) is 7.96. The van der Waals surface area contributed by atoms with Gasteiger partial charge < -0.3 is 4.90 Å². The fourth-order valence-corrected chi connectivity index (χ4v) is 0.596. The quantitative estimate of drug-likeness (QED) is 0.495. The van der Waals surface area contributed by atoms with E-state index < -0.39 is 0 Å². The van der Waals surface area contributed by atoms with Crippen molar-refractivity contribution in [2.24, 2.45) is 5.92 Å². The molecule has 1 nitrogen and oxygen atoms in total. The molecule has 1 atom stereocenters. The fourth-order valence-electron chi connectivity index (χ4n) is 0.596. The van der Waals surface area contributed by atoms with Crippen LogP contribution in [-0.2, 0) is 0 Å². The fraction of sp³-hybridized carbons (Fsp3) is 1.00. The van der Waals surface area contributed by atoms with E-state index in [-0.39, 0.29) is 0 Å². The van der Waals surface area contributed by atoms with E-state index in [0.29, 0.717) is 6.04 Å². The van der Waals surface area contributed by atoms with Crippen LogP contribution in [0.2, 0.25) is 0 Å². The smallest absolute Gasteiger partial charge is 0.00838 e. The van der Waals surface area contributed by atoms with Crippen LogP contribution in [0.5, 0.6) is 0 Å². The van der Waals surface area contributed by atoms with Gasteiger partial charge in [0.25, 0.3) is 0 Å². The molecule has 50 valence electrons. The summed E-state index contributed by atoms with van der Waals surface area (Å²) >= 11 is 0. The molecule has 8 heavy (non-hydrogen) atoms. The molecule has 0 aromatic rings. The van der Waals surface area contributed by atoms with Gasteiger partial charge in [-0.15, -0.1) is 0 Å². The topological polar surface area (TPSA) is 3.24 Å². The summed E-state index contributed by atoms with van der Waals surface area (Å²) in [5, 5.41) is 0. The molecule has 0 fully saturated rings. The molecule has 0 N–H and O–H groups in total. The van der Waals surface area contributed by atoms with Crippen molar-refractivity contribution in [3.05, 3.63) is 0 Å². The van der Waals surface area contributed by atoms with E-state index in [9.17, 15) is 0 Å². The molecule has 0 aromatic carbocycles. The minimum absolute atomic E-state index is 0.704. The summed E-state index contributed by atoms with van der Waals surface area (Å²) in [4.78, 5) is 2.24. The van der Waals surface area contributed by atoms with E-state index in [1.54, 1.807) is 0 Å². The first-order chi connectivity index (χ1) is 3.55. The van der Waals surface area contributed by atoms with E-state index in [1.807, 2.05) is 0 Å². The highest BCUT2D eigenvalue weighted by atomic mass is 15.8. The molecule has 0 saturated carbocycles. The second-order valence-corrected chi connectivity index (χ2v) is 2.95. The van der Waals surface area contributed by atoms with Gasteiger partial charge in [-0.25, -0.2) is 0 Å². The van der Waals surface area contributed by atoms with Crippen molar-refractivity contribution in [1.82, 2.24) is 4.90 Å². The maximum absolute atomic E-state index is 2.24. The van der Waals surface area contributed by atoms with Crippen LogP contribution < -0.4 is 0 Å². The number of hydrogen-bond donors (Lipinski definition) is 0. The minimum Gasteiger partial charge on any atom is -0.306 e. The van der Waals surface area contributed by atoms with Gasteiger partial charge in [-0.1, -0.05) is 13.8 Å². The first-order valence-electron chi connectivity index (χ1n) is 3.22. The van der Waals surface area contributed by atoms with E-state index in [0.717, 1.165) is 5.92 Å². The zero-order valence-corrected chi connectivity index (χ0v) is 6.60. The SMILES string of the molecule is CC(C)C(C)[15N](C)C. The Hall–Kier alpha value is -0.0400. The van der Waals surface area contributed by atoms with Crippen molar-refractivity contribution in [3.63, 3.8) is 0 Å². The van der Waals surface area contributed by atoms with Gasteiger partial charge >= 0.3 is 0 Å². The molecule has 1 unspecified atom stereocenters. The van der Waals surface area contributed by atoms with Crippen LogP contribution >= 0.6 is 0 Å². The summed E-state index contributed by atoms with van der Waals surface area (Å²) in [5.41, 5.74) is 0. The predicted octanol–water partition coefficient (Wildman–Crippen LogP) is 1.59. The summed E-state index contributed by atoms with van der Waals surface area (Å²) in [6.07, 6.45) is 0. The molecule has 0 rings (SSSR count). The van der Waals surface area contributed by atoms with Crippen molar-refractivity contribution < 1.29 is 0 Å². The Bertz CT molecular complexity index is 49.4. The Morgan fingerprint density at radius 1 is 1.00 bits per heavy atom. The average molecular weight is 116 g/mol. The zero-order valence-electron chi connectivity index (χ0n) is 6.60. The van der Waals surface area contributed by atoms with Gasteiger partial charge in [-0.3, -0.25) is 0 Å². The van der Waals surface area contributed by atoms with Gasteiger partial charge in [-0.05, 0) is 26.9 Å². The van der Waals surface area contributed by atoms with Crippen molar-refractivity contribution >= 4 is 0 Å². The van der Waals surface area contributed by atoms with Crippen LogP contribution in [0.4, 0.5) is 0 Å². The molecule has 0 radical (unpaired) electrons. The molecule has 0 spiro atoms. The lowest BCUT2D eigenvalue weighted by Crippen LogP contribution is -2.29. The van der Waals surface area contributed by atoms with E-state index in [1.165, 1.54) is 0 Å². The van der Waals surface area contributed by atoms with Crippen molar-refractivity contribution in [2.75, 3.05) is 14.1 Å². The number of rotatable bonds is 2. The second kappa shape index (κ2) is 3.08. The van der Waals surface area contributed by atoms with Crippen LogP contribution in [0.15, 0.2) is 0 Å². The largest absolute Gasteiger partial charge is 0.306 e. The lowest BCUT2D eigenvalue weighted by Gasteiger charge is -2.22. The van der Waals surface area contributed by atoms with E-state index in [4.69, 9.17) is 0 Å². The minimum atomic E-state index is 0.704. The maximum atomic E-state index is 2.24. The summed E-state index contributed by atoms with van der Waals surface area (Å²) in [6.45, 7) is 6.72. The Labute approximate surface area is 52.7 Å². The average Bonchev–Trinajstić information content (AvgIpc) is 1.64. The molecule has 0 amide bonds. The highest BCUT2D eigenvalue weighted by Gasteiger charge is 2.07. The molecule has 1 heteroatoms. The van der Waals surface area contributed by atoms with Crippen LogP contribution in [0.3, 0.4) is 0 Å². The molecule has 0 heterocycles. The van der Waals surface area contributed by atoms with Gasteiger partial charge in [0.15, 0.2) is 0 Å². The highest BCUT2D eigenvalue weighted by molar-refractivity contribution is 4.61. The lowest BCUT2D eigenvalue weighted by molar-refractivity contribution is 0.251. The molecular formula is C7H17N. The summed E-state index contributed by atoms with van der Waals surface area (Å²) < 4.78 is 0. The third-order valence-corrected chi connectivity index (χ3v) is 1.78. The van der Waals surface area contributed by atoms with Crippen molar-refractivity contribution in [2.45, 2.75) is 26.8 Å². The number of nitrogens with zero attached hydrogens (tertiary/aromatic N) is 1. The number of hydrogen-bond acceptors (Lipinski definition) is 1. The van der Waals surface area contributed by atoms with Crippen LogP contribution in [-0.4, -0.2) is 25.0 Å². The van der Waals surface area contributed by atoms with Crippen molar-refractivity contribution in [3.8, 4) is 0 Å². The Morgan fingerprint density at radius 3 is 1.38 bits per heavy atom. The monoisotopic (exact) mass is 116 g/mol. The van der Waals surface area contributed by atoms with Gasteiger partial charge in [-0.2, -0.15) is 0 Å².